The molecule has 0 unspecified atom stereocenters. The molecular weight excluding hydrogens is 775 g/mol. The van der Waals surface area contributed by atoms with E-state index in [2.05, 4.69) is 0 Å². The van der Waals surface area contributed by atoms with E-state index in [1.54, 1.807) is 0 Å². The van der Waals surface area contributed by atoms with E-state index in [-0.39, 0.29) is 12.8 Å². The largest absolute Gasteiger partial charge is 0.460 e. The number of rotatable bonds is 22. The van der Waals surface area contributed by atoms with Crippen LogP contribution in [0, 0.1) is 0 Å². The molecule has 0 aliphatic carbocycles. The Bertz CT molecular complexity index is 1070. The van der Waals surface area contributed by atoms with Crippen molar-refractivity contribution < 1.29 is 110 Å². The molecule has 0 heterocycles. The molecule has 0 aromatic rings. The van der Waals surface area contributed by atoms with Gasteiger partial charge in [-0.3, -0.25) is 0 Å². The van der Waals surface area contributed by atoms with Crippen LogP contribution < -0.4 is 0 Å². The summed E-state index contributed by atoms with van der Waals surface area (Å²) in [6.07, 6.45) is -7.21. The zero-order chi connectivity index (χ0) is 40.5. The Morgan fingerprint density at radius 2 is 0.440 bits per heavy atom. The van der Waals surface area contributed by atoms with Crippen LogP contribution in [0.1, 0.15) is 84.0 Å². The predicted molar refractivity (Wildman–Crippen MR) is 122 cm³/mol. The van der Waals surface area contributed by atoms with Gasteiger partial charge in [0.25, 0.3) is 0 Å². The van der Waals surface area contributed by atoms with Crippen molar-refractivity contribution >= 4 is 0 Å². The van der Waals surface area contributed by atoms with E-state index in [1.807, 2.05) is 6.92 Å². The van der Waals surface area contributed by atoms with Gasteiger partial charge in [0.2, 0.25) is 0 Å². The van der Waals surface area contributed by atoms with Crippen LogP contribution in [-0.2, 0) is 0 Å². The fourth-order valence-corrected chi connectivity index (χ4v) is 4.15. The smallest absolute Gasteiger partial charge is 0.200 e. The Labute approximate surface area is 266 Å². The lowest BCUT2D eigenvalue weighted by molar-refractivity contribution is -0.482. The molecule has 0 bridgehead atoms. The third-order valence-corrected chi connectivity index (χ3v) is 7.46. The zero-order valence-electron chi connectivity index (χ0n) is 24.9. The van der Waals surface area contributed by atoms with Crippen molar-refractivity contribution in [3.05, 3.63) is 0 Å². The standard InChI is InChI=1S/C25H27F25/c1-2-3-4-5-6-7-8-9-10-11-12-13-14(26,27)15(28,29)16(30,31)17(32,33)18(34,35)19(36,37)20(38,39)21(40,41)22(42,43)23(44,45)24(46,47)25(48,49)50/h2-13H2,1H3. The van der Waals surface area contributed by atoms with Gasteiger partial charge in [-0.15, -0.1) is 0 Å². The molecule has 0 saturated heterocycles. The molecule has 0 spiro atoms. The fraction of sp³-hybridized carbons (Fsp3) is 1.00. The summed E-state index contributed by atoms with van der Waals surface area (Å²) >= 11 is 0. The lowest BCUT2D eigenvalue weighted by atomic mass is 9.84. The summed E-state index contributed by atoms with van der Waals surface area (Å²) in [7, 11) is 0. The van der Waals surface area contributed by atoms with Gasteiger partial charge in [0.1, 0.15) is 0 Å². The zero-order valence-corrected chi connectivity index (χ0v) is 24.9. The molecule has 0 amide bonds. The maximum absolute atomic E-state index is 14.0. The summed E-state index contributed by atoms with van der Waals surface area (Å²) < 4.78 is 338. The van der Waals surface area contributed by atoms with Gasteiger partial charge in [-0.05, 0) is 6.42 Å². The molecule has 0 saturated carbocycles. The van der Waals surface area contributed by atoms with Crippen LogP contribution >= 0.6 is 0 Å². The Balaban J connectivity index is 6.38. The minimum Gasteiger partial charge on any atom is -0.200 e. The molecule has 0 atom stereocenters. The first-order valence-electron chi connectivity index (χ1n) is 14.0. The van der Waals surface area contributed by atoms with Crippen LogP contribution in [0.5, 0.6) is 0 Å². The number of unbranched alkanes of at least 4 members (excludes halogenated alkanes) is 10. The summed E-state index contributed by atoms with van der Waals surface area (Å²) in [6, 6.07) is 0. The summed E-state index contributed by atoms with van der Waals surface area (Å²) in [5.74, 6) is -97.6. The molecule has 302 valence electrons. The molecule has 0 radical (unpaired) electrons. The van der Waals surface area contributed by atoms with Crippen molar-refractivity contribution in [1.82, 2.24) is 0 Å². The highest BCUT2D eigenvalue weighted by molar-refractivity contribution is 5.19. The molecule has 50 heavy (non-hydrogen) atoms. The highest BCUT2D eigenvalue weighted by atomic mass is 19.4. The summed E-state index contributed by atoms with van der Waals surface area (Å²) in [4.78, 5) is 0. The van der Waals surface area contributed by atoms with Crippen LogP contribution in [0.3, 0.4) is 0 Å². The van der Waals surface area contributed by atoms with Gasteiger partial charge >= 0.3 is 71.3 Å². The van der Waals surface area contributed by atoms with Crippen molar-refractivity contribution in [1.29, 1.82) is 0 Å². The van der Waals surface area contributed by atoms with E-state index in [9.17, 15) is 110 Å². The monoisotopic (exact) mass is 802 g/mol. The number of halogens is 25. The van der Waals surface area contributed by atoms with Crippen LogP contribution in [0.4, 0.5) is 110 Å². The fourth-order valence-electron chi connectivity index (χ4n) is 4.15. The summed E-state index contributed by atoms with van der Waals surface area (Å²) in [5.41, 5.74) is 0. The SMILES string of the molecule is CCCCCCCCCCCCCC(F)(F)C(F)(F)C(F)(F)C(F)(F)C(F)(F)C(F)(F)C(F)(F)C(F)(F)C(F)(F)C(F)(F)C(F)(F)C(F)(F)F. The third kappa shape index (κ3) is 7.65. The molecule has 0 N–H and O–H groups in total. The number of hydrogen-bond acceptors (Lipinski definition) is 0. The van der Waals surface area contributed by atoms with Gasteiger partial charge in [-0.25, -0.2) is 0 Å². The Kier molecular flexibility index (Phi) is 14.4. The van der Waals surface area contributed by atoms with Crippen LogP contribution in [0.15, 0.2) is 0 Å². The molecule has 0 aromatic heterocycles. The molecule has 0 aliphatic rings. The number of hydrogen-bond donors (Lipinski definition) is 0. The molecular formula is C25H27F25. The van der Waals surface area contributed by atoms with Crippen molar-refractivity contribution in [2.45, 2.75) is 155 Å². The lowest BCUT2D eigenvalue weighted by Gasteiger charge is -2.45. The van der Waals surface area contributed by atoms with E-state index < -0.39 is 90.6 Å². The molecule has 0 fully saturated rings. The second-order valence-electron chi connectivity index (χ2n) is 11.2. The van der Waals surface area contributed by atoms with E-state index in [0.717, 1.165) is 32.1 Å². The van der Waals surface area contributed by atoms with Gasteiger partial charge in [-0.1, -0.05) is 71.1 Å². The van der Waals surface area contributed by atoms with Crippen LogP contribution in [-0.4, -0.2) is 71.3 Å². The van der Waals surface area contributed by atoms with Crippen molar-refractivity contribution in [2.75, 3.05) is 0 Å². The quantitative estimate of drug-likeness (QED) is 0.0756. The maximum Gasteiger partial charge on any atom is 0.460 e. The van der Waals surface area contributed by atoms with E-state index in [1.165, 1.54) is 0 Å². The molecule has 0 nitrogen and oxygen atoms in total. The normalized spacial score (nSPS) is 16.0. The first-order chi connectivity index (χ1) is 21.8. The van der Waals surface area contributed by atoms with Crippen molar-refractivity contribution in [3.8, 4) is 0 Å². The highest BCUT2D eigenvalue weighted by Crippen LogP contribution is 2.68. The summed E-state index contributed by atoms with van der Waals surface area (Å²) in [5, 5.41) is 0. The average Bonchev–Trinajstić information content (AvgIpc) is 2.94. The molecule has 0 rings (SSSR count). The summed E-state index contributed by atoms with van der Waals surface area (Å²) in [6.45, 7) is 1.93. The van der Waals surface area contributed by atoms with Crippen molar-refractivity contribution in [2.24, 2.45) is 0 Å². The van der Waals surface area contributed by atoms with Gasteiger partial charge in [-0.2, -0.15) is 110 Å². The predicted octanol–water partition coefficient (Wildman–Crippen LogP) is 13.2. The van der Waals surface area contributed by atoms with Crippen molar-refractivity contribution in [3.63, 3.8) is 0 Å². The van der Waals surface area contributed by atoms with E-state index in [0.29, 0.717) is 12.8 Å². The third-order valence-electron chi connectivity index (χ3n) is 7.46. The molecule has 0 aromatic carbocycles. The minimum absolute atomic E-state index is 0.102. The van der Waals surface area contributed by atoms with Gasteiger partial charge in [0.15, 0.2) is 0 Å². The Morgan fingerprint density at radius 1 is 0.240 bits per heavy atom. The lowest BCUT2D eigenvalue weighted by Crippen LogP contribution is -2.78. The number of alkyl halides is 25. The van der Waals surface area contributed by atoms with Crippen LogP contribution in [0.25, 0.3) is 0 Å². The Morgan fingerprint density at radius 3 is 0.680 bits per heavy atom. The second kappa shape index (κ2) is 14.9. The Hall–Kier alpha value is -1.75. The minimum atomic E-state index is -9.56. The highest BCUT2D eigenvalue weighted by Gasteiger charge is 2.99. The van der Waals surface area contributed by atoms with E-state index in [4.69, 9.17) is 0 Å². The van der Waals surface area contributed by atoms with Gasteiger partial charge < -0.3 is 0 Å². The maximum atomic E-state index is 14.0. The average molecular weight is 802 g/mol. The van der Waals surface area contributed by atoms with Gasteiger partial charge in [0.05, 0.1) is 0 Å². The first kappa shape index (κ1) is 48.2. The van der Waals surface area contributed by atoms with Crippen LogP contribution in [0.2, 0.25) is 0 Å². The first-order valence-corrected chi connectivity index (χ1v) is 14.0. The van der Waals surface area contributed by atoms with Gasteiger partial charge in [0, 0.05) is 6.42 Å². The topological polar surface area (TPSA) is 0 Å². The molecule has 25 heteroatoms. The second-order valence-corrected chi connectivity index (χ2v) is 11.2. The molecule has 0 aliphatic heterocycles. The van der Waals surface area contributed by atoms with E-state index >= 15 is 0 Å².